The lowest BCUT2D eigenvalue weighted by molar-refractivity contribution is -0.124. The van der Waals surface area contributed by atoms with Crippen molar-refractivity contribution in [1.82, 2.24) is 10.6 Å². The second-order valence-corrected chi connectivity index (χ2v) is 7.01. The van der Waals surface area contributed by atoms with Crippen molar-refractivity contribution in [2.24, 2.45) is 5.92 Å². The molecule has 0 spiro atoms. The molecule has 0 aliphatic heterocycles. The molecule has 0 heterocycles. The van der Waals surface area contributed by atoms with Gasteiger partial charge in [0.1, 0.15) is 17.2 Å². The largest absolute Gasteiger partial charge is 0.444 e. The fourth-order valence-corrected chi connectivity index (χ4v) is 1.87. The van der Waals surface area contributed by atoms with Gasteiger partial charge in [-0.2, -0.15) is 5.26 Å². The molecular formula is C15H25N3O3. The highest BCUT2D eigenvalue weighted by Gasteiger charge is 2.45. The summed E-state index contributed by atoms with van der Waals surface area (Å²) < 4.78 is 5.18. The highest BCUT2D eigenvalue weighted by molar-refractivity contribution is 5.86. The van der Waals surface area contributed by atoms with Crippen molar-refractivity contribution in [3.05, 3.63) is 0 Å². The number of carbonyl (C=O) groups is 2. The van der Waals surface area contributed by atoms with Gasteiger partial charge in [-0.05, 0) is 46.0 Å². The van der Waals surface area contributed by atoms with Crippen molar-refractivity contribution in [2.45, 2.75) is 71.1 Å². The molecule has 0 bridgehead atoms. The maximum atomic E-state index is 12.3. The van der Waals surface area contributed by atoms with Gasteiger partial charge >= 0.3 is 6.09 Å². The number of hydrogen-bond acceptors (Lipinski definition) is 4. The molecule has 118 valence electrons. The minimum absolute atomic E-state index is 0.230. The van der Waals surface area contributed by atoms with E-state index in [1.165, 1.54) is 0 Å². The number of amides is 2. The molecule has 2 N–H and O–H groups in total. The van der Waals surface area contributed by atoms with E-state index in [-0.39, 0.29) is 11.8 Å². The zero-order valence-corrected chi connectivity index (χ0v) is 13.4. The van der Waals surface area contributed by atoms with Crippen molar-refractivity contribution in [2.75, 3.05) is 0 Å². The van der Waals surface area contributed by atoms with Crippen LogP contribution in [0, 0.1) is 17.2 Å². The van der Waals surface area contributed by atoms with Crippen molar-refractivity contribution < 1.29 is 14.3 Å². The van der Waals surface area contributed by atoms with Crippen LogP contribution in [0.2, 0.25) is 0 Å². The fraction of sp³-hybridized carbons (Fsp3) is 0.800. The normalized spacial score (nSPS) is 17.6. The molecule has 0 aromatic carbocycles. The summed E-state index contributed by atoms with van der Waals surface area (Å²) >= 11 is 0. The molecule has 21 heavy (non-hydrogen) atoms. The van der Waals surface area contributed by atoms with E-state index in [4.69, 9.17) is 10.00 Å². The smallest absolute Gasteiger partial charge is 0.408 e. The predicted octanol–water partition coefficient (Wildman–Crippen LogP) is 2.10. The SMILES string of the molecule is CC(C)CC(NC(=O)OC(C)(C)C)C(=O)NC1(C#N)CC1. The van der Waals surface area contributed by atoms with E-state index in [1.54, 1.807) is 20.8 Å². The van der Waals surface area contributed by atoms with E-state index in [1.807, 2.05) is 13.8 Å². The zero-order chi connectivity index (χ0) is 16.3. The monoisotopic (exact) mass is 295 g/mol. The predicted molar refractivity (Wildman–Crippen MR) is 78.3 cm³/mol. The lowest BCUT2D eigenvalue weighted by Gasteiger charge is -2.24. The van der Waals surface area contributed by atoms with Crippen molar-refractivity contribution in [3.63, 3.8) is 0 Å². The second kappa shape index (κ2) is 6.33. The van der Waals surface area contributed by atoms with Gasteiger partial charge in [0.25, 0.3) is 0 Å². The third-order valence-electron chi connectivity index (χ3n) is 3.04. The van der Waals surface area contributed by atoms with Gasteiger partial charge in [0.05, 0.1) is 6.07 Å². The van der Waals surface area contributed by atoms with E-state index in [0.717, 1.165) is 0 Å². The molecule has 1 saturated carbocycles. The Kier molecular flexibility index (Phi) is 5.21. The summed E-state index contributed by atoms with van der Waals surface area (Å²) in [6, 6.07) is 1.42. The van der Waals surface area contributed by atoms with Crippen molar-refractivity contribution >= 4 is 12.0 Å². The number of nitrogens with one attached hydrogen (secondary N) is 2. The molecule has 1 aliphatic carbocycles. The summed E-state index contributed by atoms with van der Waals surface area (Å²) in [5, 5.41) is 14.3. The zero-order valence-electron chi connectivity index (χ0n) is 13.4. The molecule has 6 heteroatoms. The molecule has 0 saturated heterocycles. The lowest BCUT2D eigenvalue weighted by Crippen LogP contribution is -2.51. The van der Waals surface area contributed by atoms with Gasteiger partial charge in [-0.1, -0.05) is 13.8 Å². The molecule has 6 nitrogen and oxygen atoms in total. The lowest BCUT2D eigenvalue weighted by atomic mass is 10.0. The van der Waals surface area contributed by atoms with Crippen molar-refractivity contribution in [3.8, 4) is 6.07 Å². The Labute approximate surface area is 126 Å². The van der Waals surface area contributed by atoms with E-state index in [2.05, 4.69) is 16.7 Å². The van der Waals surface area contributed by atoms with Crippen LogP contribution in [0.1, 0.15) is 53.9 Å². The van der Waals surface area contributed by atoms with E-state index in [9.17, 15) is 9.59 Å². The molecule has 0 radical (unpaired) electrons. The average Bonchev–Trinajstić information content (AvgIpc) is 3.05. The van der Waals surface area contributed by atoms with E-state index >= 15 is 0 Å². The van der Waals surface area contributed by atoms with Gasteiger partial charge in [-0.3, -0.25) is 4.79 Å². The van der Waals surface area contributed by atoms with Crippen LogP contribution < -0.4 is 10.6 Å². The Morgan fingerprint density at radius 2 is 1.90 bits per heavy atom. The first-order valence-corrected chi connectivity index (χ1v) is 7.30. The Morgan fingerprint density at radius 1 is 1.33 bits per heavy atom. The number of ether oxygens (including phenoxy) is 1. The molecule has 1 fully saturated rings. The van der Waals surface area contributed by atoms with Gasteiger partial charge in [0, 0.05) is 0 Å². The summed E-state index contributed by atoms with van der Waals surface area (Å²) in [6.07, 6.45) is 1.20. The first kappa shape index (κ1) is 17.3. The third-order valence-corrected chi connectivity index (χ3v) is 3.04. The van der Waals surface area contributed by atoms with Crippen LogP contribution in [-0.4, -0.2) is 29.2 Å². The first-order valence-electron chi connectivity index (χ1n) is 7.30. The molecule has 1 atom stereocenters. The summed E-state index contributed by atoms with van der Waals surface area (Å²) in [5.74, 6) is -0.0958. The van der Waals surface area contributed by atoms with Crippen LogP contribution in [0.15, 0.2) is 0 Å². The van der Waals surface area contributed by atoms with Crippen LogP contribution in [0.4, 0.5) is 4.79 Å². The molecule has 0 aromatic rings. The maximum Gasteiger partial charge on any atom is 0.408 e. The number of nitrogens with zero attached hydrogens (tertiary/aromatic N) is 1. The van der Waals surface area contributed by atoms with Gasteiger partial charge in [0.2, 0.25) is 5.91 Å². The Balaban J connectivity index is 2.65. The van der Waals surface area contributed by atoms with Gasteiger partial charge in [0.15, 0.2) is 0 Å². The van der Waals surface area contributed by atoms with E-state index < -0.39 is 23.3 Å². The van der Waals surface area contributed by atoms with Gasteiger partial charge in [-0.25, -0.2) is 4.79 Å². The summed E-state index contributed by atoms with van der Waals surface area (Å²) in [5.41, 5.74) is -1.35. The van der Waals surface area contributed by atoms with Crippen LogP contribution in [0.25, 0.3) is 0 Å². The van der Waals surface area contributed by atoms with E-state index in [0.29, 0.717) is 19.3 Å². The maximum absolute atomic E-state index is 12.3. The van der Waals surface area contributed by atoms with Gasteiger partial charge in [-0.15, -0.1) is 0 Å². The number of nitriles is 1. The Bertz CT molecular complexity index is 442. The Morgan fingerprint density at radius 3 is 2.29 bits per heavy atom. The highest BCUT2D eigenvalue weighted by Crippen LogP contribution is 2.34. The fourth-order valence-electron chi connectivity index (χ4n) is 1.87. The summed E-state index contributed by atoms with van der Waals surface area (Å²) in [7, 11) is 0. The summed E-state index contributed by atoms with van der Waals surface area (Å²) in [4.78, 5) is 24.1. The number of carbonyl (C=O) groups excluding carboxylic acids is 2. The topological polar surface area (TPSA) is 91.2 Å². The average molecular weight is 295 g/mol. The molecule has 1 unspecified atom stereocenters. The number of alkyl carbamates (subject to hydrolysis) is 1. The summed E-state index contributed by atoms with van der Waals surface area (Å²) in [6.45, 7) is 9.22. The quantitative estimate of drug-likeness (QED) is 0.812. The van der Waals surface area contributed by atoms with Crippen LogP contribution in [-0.2, 0) is 9.53 Å². The Hall–Kier alpha value is -1.77. The van der Waals surface area contributed by atoms with Gasteiger partial charge < -0.3 is 15.4 Å². The first-order chi connectivity index (χ1) is 9.57. The third kappa shape index (κ3) is 6.03. The highest BCUT2D eigenvalue weighted by atomic mass is 16.6. The van der Waals surface area contributed by atoms with Crippen LogP contribution in [0.3, 0.4) is 0 Å². The molecule has 0 aromatic heterocycles. The van der Waals surface area contributed by atoms with Crippen LogP contribution >= 0.6 is 0 Å². The van der Waals surface area contributed by atoms with Crippen molar-refractivity contribution in [1.29, 1.82) is 5.26 Å². The molecule has 1 rings (SSSR count). The number of hydrogen-bond donors (Lipinski definition) is 2. The second-order valence-electron chi connectivity index (χ2n) is 7.01. The number of rotatable bonds is 5. The molecule has 2 amide bonds. The van der Waals surface area contributed by atoms with Crippen LogP contribution in [0.5, 0.6) is 0 Å². The standard InChI is InChI=1S/C15H25N3O3/c1-10(2)8-11(17-13(20)21-14(3,4)5)12(19)18-15(9-16)6-7-15/h10-11H,6-8H2,1-5H3,(H,17,20)(H,18,19). The minimum Gasteiger partial charge on any atom is -0.444 e. The minimum atomic E-state index is -0.734. The molecule has 1 aliphatic rings. The molecular weight excluding hydrogens is 270 g/mol.